The zero-order chi connectivity index (χ0) is 21.3. The van der Waals surface area contributed by atoms with E-state index < -0.39 is 29.5 Å². The quantitative estimate of drug-likeness (QED) is 0.571. The highest BCUT2D eigenvalue weighted by Gasteiger charge is 2.41. The number of carbonyl (C=O) groups is 1. The van der Waals surface area contributed by atoms with Crippen molar-refractivity contribution in [3.63, 3.8) is 0 Å². The Morgan fingerprint density at radius 1 is 1.20 bits per heavy atom. The maximum absolute atomic E-state index is 14.5. The number of carboxylic acids is 1. The summed E-state index contributed by atoms with van der Waals surface area (Å²) in [5.41, 5.74) is 0.0108. The number of carboxylic acid groups (broad SMARTS) is 1. The molecule has 1 aromatic rings. The van der Waals surface area contributed by atoms with E-state index in [0.29, 0.717) is 11.8 Å². The summed E-state index contributed by atoms with van der Waals surface area (Å²) >= 11 is 1.24. The molecule has 1 aromatic carbocycles. The fourth-order valence-corrected chi connectivity index (χ4v) is 6.43. The first-order chi connectivity index (χ1) is 14.3. The molecule has 2 saturated carbocycles. The molecule has 162 valence electrons. The van der Waals surface area contributed by atoms with Gasteiger partial charge in [-0.1, -0.05) is 18.6 Å². The molecule has 2 bridgehead atoms. The third-order valence-electron chi connectivity index (χ3n) is 6.66. The summed E-state index contributed by atoms with van der Waals surface area (Å²) in [6, 6.07) is 4.27. The fourth-order valence-electron chi connectivity index (χ4n) is 5.12. The van der Waals surface area contributed by atoms with E-state index in [1.165, 1.54) is 37.4 Å². The second kappa shape index (κ2) is 8.69. The lowest BCUT2D eigenvalue weighted by atomic mass is 9.88. The molecule has 0 saturated heterocycles. The van der Waals surface area contributed by atoms with E-state index >= 15 is 0 Å². The number of nitrogens with zero attached hydrogens (tertiary/aromatic N) is 1. The number of alkyl halides is 2. The van der Waals surface area contributed by atoms with E-state index in [9.17, 15) is 23.1 Å². The van der Waals surface area contributed by atoms with Gasteiger partial charge in [-0.15, -0.1) is 11.8 Å². The van der Waals surface area contributed by atoms with Gasteiger partial charge in [-0.25, -0.2) is 18.0 Å². The van der Waals surface area contributed by atoms with Gasteiger partial charge in [-0.2, -0.15) is 0 Å². The van der Waals surface area contributed by atoms with Crippen LogP contribution in [-0.4, -0.2) is 33.6 Å². The van der Waals surface area contributed by atoms with E-state index in [1.54, 1.807) is 12.2 Å². The van der Waals surface area contributed by atoms with Crippen LogP contribution in [0.25, 0.3) is 0 Å². The van der Waals surface area contributed by atoms with Crippen LogP contribution in [0.5, 0.6) is 0 Å². The van der Waals surface area contributed by atoms with Gasteiger partial charge in [0, 0.05) is 30.5 Å². The van der Waals surface area contributed by atoms with E-state index in [4.69, 9.17) is 0 Å². The average Bonchev–Trinajstić information content (AvgIpc) is 3.32. The van der Waals surface area contributed by atoms with Crippen LogP contribution in [0.2, 0.25) is 0 Å². The number of fused-ring (bicyclic) bond motifs is 2. The highest BCUT2D eigenvalue weighted by atomic mass is 32.2. The van der Waals surface area contributed by atoms with Gasteiger partial charge in [0.25, 0.3) is 5.92 Å². The van der Waals surface area contributed by atoms with Crippen LogP contribution < -0.4 is 0 Å². The number of aliphatic carboxylic acids is 1. The van der Waals surface area contributed by atoms with Gasteiger partial charge in [-0.05, 0) is 61.3 Å². The predicted molar refractivity (Wildman–Crippen MR) is 112 cm³/mol. The van der Waals surface area contributed by atoms with Gasteiger partial charge in [0.2, 0.25) is 0 Å². The third kappa shape index (κ3) is 4.56. The Hall–Kier alpha value is -1.89. The number of thioether (sulfide) groups is 1. The SMILES string of the molecule is O=C(O)C1=CC=CN(CC2CC3CCC2C3)C1SCCC(F)(F)c1ccc(F)cc1. The summed E-state index contributed by atoms with van der Waals surface area (Å²) in [7, 11) is 0. The zero-order valence-electron chi connectivity index (χ0n) is 16.6. The molecule has 3 nitrogen and oxygen atoms in total. The van der Waals surface area contributed by atoms with Gasteiger partial charge < -0.3 is 10.0 Å². The Labute approximate surface area is 179 Å². The Kier molecular flexibility index (Phi) is 6.19. The first-order valence-corrected chi connectivity index (χ1v) is 11.5. The average molecular weight is 438 g/mol. The van der Waals surface area contributed by atoms with Crippen LogP contribution in [-0.2, 0) is 10.7 Å². The molecule has 4 atom stereocenters. The second-order valence-electron chi connectivity index (χ2n) is 8.58. The fraction of sp³-hybridized carbons (Fsp3) is 0.522. The molecule has 7 heteroatoms. The standard InChI is InChI=1S/C23H26F3NO2S/c24-19-7-5-18(6-8-19)23(25,26)9-11-30-21-20(22(28)29)2-1-10-27(21)14-17-13-15-3-4-16(17)12-15/h1-2,5-8,10,15-17,21H,3-4,9,11-14H2,(H,28,29). The summed E-state index contributed by atoms with van der Waals surface area (Å²) in [6.07, 6.45) is 9.76. The van der Waals surface area contributed by atoms with Crippen LogP contribution in [0.4, 0.5) is 13.2 Å². The second-order valence-corrected chi connectivity index (χ2v) is 9.77. The summed E-state index contributed by atoms with van der Waals surface area (Å²) < 4.78 is 42.1. The van der Waals surface area contributed by atoms with Crippen LogP contribution >= 0.6 is 11.8 Å². The van der Waals surface area contributed by atoms with Crippen molar-refractivity contribution < 1.29 is 23.1 Å². The normalized spacial score (nSPS) is 28.1. The Balaban J connectivity index is 1.40. The lowest BCUT2D eigenvalue weighted by Gasteiger charge is -2.36. The minimum Gasteiger partial charge on any atom is -0.478 e. The Morgan fingerprint density at radius 2 is 1.97 bits per heavy atom. The van der Waals surface area contributed by atoms with Crippen molar-refractivity contribution in [3.8, 4) is 0 Å². The molecule has 2 fully saturated rings. The smallest absolute Gasteiger partial charge is 0.334 e. The summed E-state index contributed by atoms with van der Waals surface area (Å²) in [6.45, 7) is 0.772. The van der Waals surface area contributed by atoms with Gasteiger partial charge in [0.05, 0.1) is 5.57 Å². The summed E-state index contributed by atoms with van der Waals surface area (Å²) in [5.74, 6) is -2.51. The van der Waals surface area contributed by atoms with Crippen LogP contribution in [0.15, 0.2) is 48.2 Å². The molecule has 1 N–H and O–H groups in total. The third-order valence-corrected chi connectivity index (χ3v) is 7.94. The van der Waals surface area contributed by atoms with Crippen LogP contribution in [0.3, 0.4) is 0 Å². The summed E-state index contributed by atoms with van der Waals surface area (Å²) in [4.78, 5) is 13.8. The molecule has 3 aliphatic rings. The lowest BCUT2D eigenvalue weighted by molar-refractivity contribution is -0.133. The molecule has 0 spiro atoms. The molecule has 0 radical (unpaired) electrons. The highest BCUT2D eigenvalue weighted by Crippen LogP contribution is 2.49. The summed E-state index contributed by atoms with van der Waals surface area (Å²) in [5, 5.41) is 9.15. The number of allylic oxidation sites excluding steroid dienone is 2. The van der Waals surface area contributed by atoms with Crippen LogP contribution in [0, 0.1) is 23.6 Å². The van der Waals surface area contributed by atoms with Crippen molar-refractivity contribution in [3.05, 3.63) is 59.6 Å². The number of benzene rings is 1. The molecular formula is C23H26F3NO2S. The van der Waals surface area contributed by atoms with E-state index in [2.05, 4.69) is 0 Å². The predicted octanol–water partition coefficient (Wildman–Crippen LogP) is 5.64. The molecule has 1 aliphatic heterocycles. The van der Waals surface area contributed by atoms with Crippen molar-refractivity contribution in [1.82, 2.24) is 4.90 Å². The molecule has 4 rings (SSSR count). The Bertz CT molecular complexity index is 839. The molecular weight excluding hydrogens is 411 g/mol. The molecule has 30 heavy (non-hydrogen) atoms. The van der Waals surface area contributed by atoms with E-state index in [0.717, 1.165) is 36.7 Å². The largest absolute Gasteiger partial charge is 0.478 e. The molecule has 1 heterocycles. The lowest BCUT2D eigenvalue weighted by Crippen LogP contribution is -2.39. The van der Waals surface area contributed by atoms with Gasteiger partial charge in [0.15, 0.2) is 0 Å². The first kappa shape index (κ1) is 21.3. The first-order valence-electron chi connectivity index (χ1n) is 10.5. The van der Waals surface area contributed by atoms with Crippen molar-refractivity contribution in [2.75, 3.05) is 12.3 Å². The number of hydrogen-bond donors (Lipinski definition) is 1. The maximum Gasteiger partial charge on any atom is 0.334 e. The minimum absolute atomic E-state index is 0.0979. The maximum atomic E-state index is 14.5. The van der Waals surface area contributed by atoms with Crippen molar-refractivity contribution in [2.45, 2.75) is 43.4 Å². The van der Waals surface area contributed by atoms with Gasteiger partial charge >= 0.3 is 5.97 Å². The van der Waals surface area contributed by atoms with Gasteiger partial charge in [-0.3, -0.25) is 0 Å². The highest BCUT2D eigenvalue weighted by molar-refractivity contribution is 8.00. The minimum atomic E-state index is -3.09. The molecule has 4 unspecified atom stereocenters. The van der Waals surface area contributed by atoms with Crippen LogP contribution in [0.1, 0.15) is 37.7 Å². The van der Waals surface area contributed by atoms with Crippen molar-refractivity contribution in [2.24, 2.45) is 17.8 Å². The van der Waals surface area contributed by atoms with E-state index in [1.807, 2.05) is 11.1 Å². The van der Waals surface area contributed by atoms with Gasteiger partial charge in [0.1, 0.15) is 11.2 Å². The topological polar surface area (TPSA) is 40.5 Å². The van der Waals surface area contributed by atoms with Crippen molar-refractivity contribution in [1.29, 1.82) is 0 Å². The van der Waals surface area contributed by atoms with E-state index in [-0.39, 0.29) is 16.9 Å². The number of hydrogen-bond acceptors (Lipinski definition) is 3. The molecule has 0 aromatic heterocycles. The number of rotatable bonds is 8. The molecule has 2 aliphatic carbocycles. The zero-order valence-corrected chi connectivity index (χ0v) is 17.5. The monoisotopic (exact) mass is 437 g/mol. The van der Waals surface area contributed by atoms with Crippen molar-refractivity contribution >= 4 is 17.7 Å². The Morgan fingerprint density at radius 3 is 2.60 bits per heavy atom. The molecule has 0 amide bonds. The number of halogens is 3.